The van der Waals surface area contributed by atoms with Crippen LogP contribution in [0.2, 0.25) is 0 Å². The molecule has 1 heterocycles. The Kier molecular flexibility index (Phi) is 3.85. The van der Waals surface area contributed by atoms with Gasteiger partial charge in [-0.2, -0.15) is 0 Å². The summed E-state index contributed by atoms with van der Waals surface area (Å²) in [5.74, 6) is -0.986. The molecule has 0 aromatic carbocycles. The molecule has 2 atom stereocenters. The Morgan fingerprint density at radius 2 is 2.05 bits per heavy atom. The van der Waals surface area contributed by atoms with Crippen molar-refractivity contribution < 1.29 is 14.7 Å². The van der Waals surface area contributed by atoms with Crippen molar-refractivity contribution in [2.75, 3.05) is 13.1 Å². The van der Waals surface area contributed by atoms with Gasteiger partial charge in [-0.3, -0.25) is 9.69 Å². The highest BCUT2D eigenvalue weighted by atomic mass is 16.4. The highest BCUT2D eigenvalue weighted by Crippen LogP contribution is 2.40. The lowest BCUT2D eigenvalue weighted by atomic mass is 9.93. The minimum absolute atomic E-state index is 0.130. The molecule has 2 fully saturated rings. The van der Waals surface area contributed by atoms with E-state index in [2.05, 4.69) is 11.8 Å². The number of likely N-dealkylation sites (tertiary alicyclic amines) is 1. The van der Waals surface area contributed by atoms with Gasteiger partial charge in [0, 0.05) is 32.1 Å². The van der Waals surface area contributed by atoms with E-state index in [0.717, 1.165) is 19.3 Å². The molecule has 5 nitrogen and oxygen atoms in total. The molecule has 1 saturated heterocycles. The van der Waals surface area contributed by atoms with E-state index < -0.39 is 11.5 Å². The van der Waals surface area contributed by atoms with Gasteiger partial charge in [-0.1, -0.05) is 6.92 Å². The molecule has 2 rings (SSSR count). The standard InChI is InChI=1S/C14H24N2O3/c1-4-7-16(11(3)17)14(13(18)19)8-10(2)15(9-14)12-5-6-12/h10,12H,4-9H2,1-3H3,(H,18,19). The third-order valence-corrected chi connectivity index (χ3v) is 4.40. The molecular weight excluding hydrogens is 244 g/mol. The summed E-state index contributed by atoms with van der Waals surface area (Å²) in [6.07, 6.45) is 3.65. The normalized spacial score (nSPS) is 31.4. The number of amides is 1. The van der Waals surface area contributed by atoms with E-state index in [-0.39, 0.29) is 11.9 Å². The van der Waals surface area contributed by atoms with Gasteiger partial charge in [0.15, 0.2) is 5.54 Å². The van der Waals surface area contributed by atoms with Gasteiger partial charge in [0.25, 0.3) is 0 Å². The van der Waals surface area contributed by atoms with Crippen molar-refractivity contribution in [3.05, 3.63) is 0 Å². The van der Waals surface area contributed by atoms with Crippen molar-refractivity contribution in [3.8, 4) is 0 Å². The SMILES string of the molecule is CCCN(C(C)=O)C1(C(=O)O)CC(C)N(C2CC2)C1. The van der Waals surface area contributed by atoms with Gasteiger partial charge in [0.05, 0.1) is 0 Å². The second-order valence-electron chi connectivity index (χ2n) is 5.96. The van der Waals surface area contributed by atoms with Gasteiger partial charge in [-0.05, 0) is 32.6 Å². The van der Waals surface area contributed by atoms with Gasteiger partial charge in [0.2, 0.25) is 5.91 Å². The zero-order valence-corrected chi connectivity index (χ0v) is 12.1. The first kappa shape index (κ1) is 14.3. The molecule has 19 heavy (non-hydrogen) atoms. The van der Waals surface area contributed by atoms with Crippen LogP contribution >= 0.6 is 0 Å². The van der Waals surface area contributed by atoms with E-state index in [1.165, 1.54) is 6.92 Å². The van der Waals surface area contributed by atoms with Crippen LogP contribution in [-0.4, -0.2) is 57.5 Å². The molecule has 0 aromatic rings. The Balaban J connectivity index is 2.27. The molecule has 0 aromatic heterocycles. The highest BCUT2D eigenvalue weighted by molar-refractivity contribution is 5.87. The van der Waals surface area contributed by atoms with Crippen LogP contribution in [0.25, 0.3) is 0 Å². The number of carboxylic acid groups (broad SMARTS) is 1. The summed E-state index contributed by atoms with van der Waals surface area (Å²) in [5, 5.41) is 9.73. The average molecular weight is 268 g/mol. The topological polar surface area (TPSA) is 60.9 Å². The van der Waals surface area contributed by atoms with Gasteiger partial charge in [-0.25, -0.2) is 4.79 Å². The Labute approximate surface area is 114 Å². The Morgan fingerprint density at radius 3 is 2.47 bits per heavy atom. The molecule has 0 bridgehead atoms. The summed E-state index contributed by atoms with van der Waals surface area (Å²) >= 11 is 0. The second kappa shape index (κ2) is 5.12. The van der Waals surface area contributed by atoms with Crippen LogP contribution in [0, 0.1) is 0 Å². The van der Waals surface area contributed by atoms with Crippen molar-refractivity contribution in [2.24, 2.45) is 0 Å². The number of hydrogen-bond acceptors (Lipinski definition) is 3. The molecule has 1 saturated carbocycles. The predicted molar refractivity (Wildman–Crippen MR) is 71.9 cm³/mol. The van der Waals surface area contributed by atoms with Crippen LogP contribution in [0.3, 0.4) is 0 Å². The smallest absolute Gasteiger partial charge is 0.331 e. The number of rotatable bonds is 5. The lowest BCUT2D eigenvalue weighted by molar-refractivity contribution is -0.158. The predicted octanol–water partition coefficient (Wildman–Crippen LogP) is 1.32. The Bertz CT molecular complexity index is 381. The number of carbonyl (C=O) groups excluding carboxylic acids is 1. The molecular formula is C14H24N2O3. The first-order valence-electron chi connectivity index (χ1n) is 7.19. The maximum absolute atomic E-state index is 11.9. The fourth-order valence-corrected chi connectivity index (χ4v) is 3.39. The zero-order chi connectivity index (χ0) is 14.2. The van der Waals surface area contributed by atoms with Crippen LogP contribution in [0.1, 0.15) is 46.5 Å². The van der Waals surface area contributed by atoms with Gasteiger partial charge < -0.3 is 10.0 Å². The quantitative estimate of drug-likeness (QED) is 0.817. The van der Waals surface area contributed by atoms with Gasteiger partial charge in [-0.15, -0.1) is 0 Å². The third-order valence-electron chi connectivity index (χ3n) is 4.40. The lowest BCUT2D eigenvalue weighted by Gasteiger charge is -2.37. The fourth-order valence-electron chi connectivity index (χ4n) is 3.39. The molecule has 108 valence electrons. The van der Waals surface area contributed by atoms with E-state index in [0.29, 0.717) is 25.6 Å². The first-order chi connectivity index (χ1) is 8.92. The largest absolute Gasteiger partial charge is 0.479 e. The minimum atomic E-state index is -1.02. The van der Waals surface area contributed by atoms with Crippen LogP contribution in [0.5, 0.6) is 0 Å². The summed E-state index contributed by atoms with van der Waals surface area (Å²) in [5.41, 5.74) is -1.02. The number of nitrogens with zero attached hydrogens (tertiary/aromatic N) is 2. The Hall–Kier alpha value is -1.10. The highest BCUT2D eigenvalue weighted by Gasteiger charge is 2.55. The van der Waals surface area contributed by atoms with Crippen molar-refractivity contribution in [1.82, 2.24) is 9.80 Å². The summed E-state index contributed by atoms with van der Waals surface area (Å²) in [6, 6.07) is 0.772. The van der Waals surface area contributed by atoms with Crippen LogP contribution < -0.4 is 0 Å². The van der Waals surface area contributed by atoms with E-state index in [4.69, 9.17) is 0 Å². The number of carboxylic acids is 1. The van der Waals surface area contributed by atoms with Gasteiger partial charge in [0.1, 0.15) is 0 Å². The second-order valence-corrected chi connectivity index (χ2v) is 5.96. The monoisotopic (exact) mass is 268 g/mol. The number of carbonyl (C=O) groups is 2. The van der Waals surface area contributed by atoms with Crippen molar-refractivity contribution >= 4 is 11.9 Å². The van der Waals surface area contributed by atoms with Gasteiger partial charge >= 0.3 is 5.97 Å². The molecule has 1 aliphatic heterocycles. The van der Waals surface area contributed by atoms with E-state index in [9.17, 15) is 14.7 Å². The van der Waals surface area contributed by atoms with Crippen LogP contribution in [0.4, 0.5) is 0 Å². The van der Waals surface area contributed by atoms with Crippen molar-refractivity contribution in [3.63, 3.8) is 0 Å². The number of hydrogen-bond donors (Lipinski definition) is 1. The third kappa shape index (κ3) is 2.48. The average Bonchev–Trinajstić information content (AvgIpc) is 3.10. The molecule has 0 spiro atoms. The molecule has 1 N–H and O–H groups in total. The maximum atomic E-state index is 11.9. The molecule has 1 aliphatic carbocycles. The Morgan fingerprint density at radius 1 is 1.42 bits per heavy atom. The van der Waals surface area contributed by atoms with E-state index in [1.807, 2.05) is 6.92 Å². The molecule has 5 heteroatoms. The summed E-state index contributed by atoms with van der Waals surface area (Å²) in [7, 11) is 0. The van der Waals surface area contributed by atoms with Crippen molar-refractivity contribution in [2.45, 2.75) is 64.1 Å². The summed E-state index contributed by atoms with van der Waals surface area (Å²) in [6.45, 7) is 6.53. The molecule has 2 aliphatic rings. The first-order valence-corrected chi connectivity index (χ1v) is 7.19. The van der Waals surface area contributed by atoms with Crippen LogP contribution in [-0.2, 0) is 9.59 Å². The molecule has 0 radical (unpaired) electrons. The van der Waals surface area contributed by atoms with Crippen molar-refractivity contribution in [1.29, 1.82) is 0 Å². The lowest BCUT2D eigenvalue weighted by Crippen LogP contribution is -2.58. The van der Waals surface area contributed by atoms with Crippen LogP contribution in [0.15, 0.2) is 0 Å². The fraction of sp³-hybridized carbons (Fsp3) is 0.857. The maximum Gasteiger partial charge on any atom is 0.331 e. The summed E-state index contributed by atoms with van der Waals surface area (Å²) < 4.78 is 0. The molecule has 1 amide bonds. The number of aliphatic carboxylic acids is 1. The van der Waals surface area contributed by atoms with E-state index in [1.54, 1.807) is 4.90 Å². The zero-order valence-electron chi connectivity index (χ0n) is 12.1. The summed E-state index contributed by atoms with van der Waals surface area (Å²) in [4.78, 5) is 27.6. The molecule has 2 unspecified atom stereocenters. The minimum Gasteiger partial charge on any atom is -0.479 e. The van der Waals surface area contributed by atoms with E-state index >= 15 is 0 Å².